The lowest BCUT2D eigenvalue weighted by Crippen LogP contribution is -2.66. The fraction of sp³-hybridized carbons (Fsp3) is 0.591. The number of ether oxygens (including phenoxy) is 1. The maximum atomic E-state index is 13.2. The van der Waals surface area contributed by atoms with Crippen LogP contribution in [-0.2, 0) is 27.1 Å². The minimum Gasteiger partial charge on any atom is -0.743 e. The Hall–Kier alpha value is -2.04. The molecule has 2 fully saturated rings. The van der Waals surface area contributed by atoms with E-state index in [9.17, 15) is 9.59 Å². The first-order valence-electron chi connectivity index (χ1n) is 10.9. The van der Waals surface area contributed by atoms with E-state index in [4.69, 9.17) is 22.2 Å². The van der Waals surface area contributed by atoms with Gasteiger partial charge in [0.05, 0.1) is 7.11 Å². The van der Waals surface area contributed by atoms with Gasteiger partial charge >= 0.3 is 5.97 Å². The molecule has 8 nitrogen and oxygen atoms in total. The van der Waals surface area contributed by atoms with Gasteiger partial charge in [-0.3, -0.25) is 14.6 Å². The molecule has 0 aliphatic carbocycles. The second kappa shape index (κ2) is 9.44. The third kappa shape index (κ3) is 4.53. The summed E-state index contributed by atoms with van der Waals surface area (Å²) in [5.74, 6) is 0.181. The van der Waals surface area contributed by atoms with Crippen molar-refractivity contribution in [3.05, 3.63) is 24.3 Å². The standard InChI is InChI=1S/C22H32N4O4S2/c1-7-26(8-2,9-3)30-20(28)17-22(4,5)32-19-16(18(27)25(17)19)24-21(31)23-14-10-12-15(29-6)13-11-14/h10-13,16-17,19H,7-9H2,1-6H3,(H-,23,24,31)/t16-,17+,19-/m1/s1. The number of rotatable bonds is 8. The molecule has 0 spiro atoms. The van der Waals surface area contributed by atoms with Crippen molar-refractivity contribution in [1.82, 2.24) is 4.90 Å². The highest BCUT2D eigenvalue weighted by Crippen LogP contribution is 2.52. The number of hydroxylamine groups is 3. The summed E-state index contributed by atoms with van der Waals surface area (Å²) in [6, 6.07) is 6.02. The molecule has 2 saturated heterocycles. The van der Waals surface area contributed by atoms with E-state index >= 15 is 0 Å². The van der Waals surface area contributed by atoms with Crippen molar-refractivity contribution < 1.29 is 23.8 Å². The third-order valence-corrected chi connectivity index (χ3v) is 8.01. The quantitative estimate of drug-likeness (QED) is 0.153. The van der Waals surface area contributed by atoms with Crippen LogP contribution in [0.15, 0.2) is 29.3 Å². The molecular weight excluding hydrogens is 448 g/mol. The van der Waals surface area contributed by atoms with Crippen molar-refractivity contribution in [3.8, 4) is 5.75 Å². The van der Waals surface area contributed by atoms with Gasteiger partial charge in [0.25, 0.3) is 5.91 Å². The van der Waals surface area contributed by atoms with Crippen LogP contribution in [0.1, 0.15) is 34.6 Å². The molecule has 0 saturated carbocycles. The molecule has 1 aromatic carbocycles. The van der Waals surface area contributed by atoms with Gasteiger partial charge in [0.15, 0.2) is 12.1 Å². The predicted octanol–water partition coefficient (Wildman–Crippen LogP) is 2.78. The number of thioether (sulfide) groups is 1. The zero-order valence-corrected chi connectivity index (χ0v) is 21.1. The van der Waals surface area contributed by atoms with Gasteiger partial charge in [-0.2, -0.15) is 0 Å². The lowest BCUT2D eigenvalue weighted by molar-refractivity contribution is -1.09. The van der Waals surface area contributed by atoms with E-state index in [2.05, 4.69) is 10.3 Å². The smallest absolute Gasteiger partial charge is 0.390 e. The molecule has 1 amide bonds. The fourth-order valence-electron chi connectivity index (χ4n) is 4.15. The number of carbonyl (C=O) groups is 2. The predicted molar refractivity (Wildman–Crippen MR) is 129 cm³/mol. The molecule has 0 aromatic heterocycles. The normalized spacial score (nSPS) is 24.6. The number of nitrogens with one attached hydrogen (secondary N) is 1. The molecule has 1 aromatic rings. The number of quaternary nitrogens is 1. The Morgan fingerprint density at radius 1 is 1.22 bits per heavy atom. The summed E-state index contributed by atoms with van der Waals surface area (Å²) in [6.45, 7) is 12.0. The van der Waals surface area contributed by atoms with Crippen LogP contribution in [-0.4, -0.2) is 75.5 Å². The number of hydrogen-bond acceptors (Lipinski definition) is 7. The monoisotopic (exact) mass is 480 g/mol. The van der Waals surface area contributed by atoms with Crippen molar-refractivity contribution in [2.45, 2.75) is 56.8 Å². The van der Waals surface area contributed by atoms with E-state index in [1.54, 1.807) is 23.8 Å². The number of fused-ring (bicyclic) bond motifs is 1. The van der Waals surface area contributed by atoms with Gasteiger partial charge < -0.3 is 27.6 Å². The minimum atomic E-state index is -0.651. The van der Waals surface area contributed by atoms with Gasteiger partial charge in [-0.25, -0.2) is 4.79 Å². The molecule has 10 heteroatoms. The number of hydrogen-bond donors (Lipinski definition) is 1. The highest BCUT2D eigenvalue weighted by Gasteiger charge is 2.65. The first-order chi connectivity index (χ1) is 15.1. The number of amides is 1. The van der Waals surface area contributed by atoms with E-state index in [0.29, 0.717) is 19.6 Å². The molecule has 1 N–H and O–H groups in total. The van der Waals surface area contributed by atoms with E-state index in [1.165, 1.54) is 0 Å². The number of methoxy groups -OCH3 is 1. The van der Waals surface area contributed by atoms with Gasteiger partial charge in [-0.1, -0.05) is 0 Å². The summed E-state index contributed by atoms with van der Waals surface area (Å²) in [5.41, 5.74) is 0.761. The molecule has 3 rings (SSSR count). The van der Waals surface area contributed by atoms with Gasteiger partial charge in [0.2, 0.25) is 0 Å². The Labute approximate surface area is 199 Å². The van der Waals surface area contributed by atoms with Gasteiger partial charge in [0.1, 0.15) is 30.8 Å². The second-order valence-electron chi connectivity index (χ2n) is 8.41. The minimum absolute atomic E-state index is 0.198. The molecule has 2 heterocycles. The largest absolute Gasteiger partial charge is 0.743 e. The fourth-order valence-corrected chi connectivity index (χ4v) is 5.99. The number of anilines is 1. The molecule has 176 valence electrons. The molecule has 0 radical (unpaired) electrons. The average Bonchev–Trinajstić information content (AvgIpc) is 3.04. The summed E-state index contributed by atoms with van der Waals surface area (Å²) in [6.07, 6.45) is 0. The lowest BCUT2D eigenvalue weighted by Gasteiger charge is -2.43. The molecule has 2 aliphatic heterocycles. The number of nitrogens with zero attached hydrogens (tertiary/aromatic N) is 3. The molecule has 0 bridgehead atoms. The molecule has 3 atom stereocenters. The molecule has 2 aliphatic rings. The van der Waals surface area contributed by atoms with Crippen LogP contribution in [0, 0.1) is 0 Å². The van der Waals surface area contributed by atoms with Crippen LogP contribution in [0.2, 0.25) is 0 Å². The SMILES string of the molecule is CC[N+](CC)(CC)OC(=O)[C@@H]1N2C(=O)[C@@H](N=C([S-])Nc3ccc(OC)cc3)[C@H]2SC1(C)C. The van der Waals surface area contributed by atoms with E-state index in [0.717, 1.165) is 11.4 Å². The van der Waals surface area contributed by atoms with Crippen molar-refractivity contribution in [2.75, 3.05) is 32.1 Å². The summed E-state index contributed by atoms with van der Waals surface area (Å²) >= 11 is 6.93. The molecule has 0 unspecified atom stereocenters. The highest BCUT2D eigenvalue weighted by molar-refractivity contribution is 8.01. The Morgan fingerprint density at radius 3 is 2.34 bits per heavy atom. The molecular formula is C22H32N4O4S2. The topological polar surface area (TPSA) is 80.2 Å². The summed E-state index contributed by atoms with van der Waals surface area (Å²) in [5, 5.41) is 3.03. The van der Waals surface area contributed by atoms with Gasteiger partial charge in [-0.15, -0.1) is 16.4 Å². The number of carbonyl (C=O) groups excluding carboxylic acids is 2. The maximum absolute atomic E-state index is 13.2. The number of benzene rings is 1. The van der Waals surface area contributed by atoms with Crippen LogP contribution in [0.25, 0.3) is 0 Å². The number of β-lactam (4-membered cyclic amide) rings is 1. The van der Waals surface area contributed by atoms with Gasteiger partial charge in [-0.05, 0) is 64.1 Å². The van der Waals surface area contributed by atoms with Crippen LogP contribution in [0.4, 0.5) is 5.69 Å². The Morgan fingerprint density at radius 2 is 1.81 bits per heavy atom. The van der Waals surface area contributed by atoms with Crippen LogP contribution in [0.3, 0.4) is 0 Å². The van der Waals surface area contributed by atoms with Crippen molar-refractivity contribution in [3.63, 3.8) is 0 Å². The number of amidine groups is 1. The first kappa shape index (κ1) is 24.6. The Kier molecular flexibility index (Phi) is 7.26. The number of aliphatic imine (C=N–C) groups is 1. The summed E-state index contributed by atoms with van der Waals surface area (Å²) in [7, 11) is 1.60. The Balaban J connectivity index is 1.73. The van der Waals surface area contributed by atoms with E-state index < -0.39 is 16.8 Å². The third-order valence-electron chi connectivity index (χ3n) is 6.25. The van der Waals surface area contributed by atoms with Crippen molar-refractivity contribution >= 4 is 47.1 Å². The zero-order valence-electron chi connectivity index (χ0n) is 19.5. The van der Waals surface area contributed by atoms with Crippen molar-refractivity contribution in [1.29, 1.82) is 0 Å². The van der Waals surface area contributed by atoms with Gasteiger partial charge in [0, 0.05) is 10.4 Å². The van der Waals surface area contributed by atoms with Crippen LogP contribution >= 0.6 is 11.8 Å². The summed E-state index contributed by atoms with van der Waals surface area (Å²) in [4.78, 5) is 38.2. The van der Waals surface area contributed by atoms with Crippen LogP contribution < -0.4 is 10.1 Å². The van der Waals surface area contributed by atoms with E-state index in [1.807, 2.05) is 58.9 Å². The second-order valence-corrected chi connectivity index (χ2v) is 10.6. The molecule has 32 heavy (non-hydrogen) atoms. The highest BCUT2D eigenvalue weighted by atomic mass is 32.2. The Bertz CT molecular complexity index is 878. The van der Waals surface area contributed by atoms with E-state index in [-0.39, 0.29) is 27.1 Å². The maximum Gasteiger partial charge on any atom is 0.390 e. The zero-order chi connectivity index (χ0) is 23.7. The summed E-state index contributed by atoms with van der Waals surface area (Å²) < 4.78 is 4.91. The lowest BCUT2D eigenvalue weighted by atomic mass is 9.96. The van der Waals surface area contributed by atoms with Crippen molar-refractivity contribution in [2.24, 2.45) is 4.99 Å². The average molecular weight is 481 g/mol. The first-order valence-corrected chi connectivity index (χ1v) is 12.2. The van der Waals surface area contributed by atoms with Crippen LogP contribution in [0.5, 0.6) is 5.75 Å².